The molecule has 0 atom stereocenters. The Hall–Kier alpha value is -0.620. The molecule has 0 saturated carbocycles. The Bertz CT molecular complexity index is 315. The Labute approximate surface area is 92.2 Å². The minimum absolute atomic E-state index is 0.0163. The van der Waals surface area contributed by atoms with E-state index in [1.165, 1.54) is 0 Å². The predicted octanol–water partition coefficient (Wildman–Crippen LogP) is 0.329. The number of hydrogen-bond acceptors (Lipinski definition) is 3. The molecule has 0 aromatic heterocycles. The van der Waals surface area contributed by atoms with E-state index >= 15 is 0 Å². The highest BCUT2D eigenvalue weighted by atomic mass is 32.2. The Kier molecular flexibility index (Phi) is 5.23. The van der Waals surface area contributed by atoms with Gasteiger partial charge in [0, 0.05) is 12.0 Å². The molecule has 90 valence electrons. The minimum Gasteiger partial charge on any atom is -0.387 e. The molecule has 0 unspecified atom stereocenters. The number of amidine groups is 1. The van der Waals surface area contributed by atoms with Gasteiger partial charge in [0.25, 0.3) is 0 Å². The fourth-order valence-corrected chi connectivity index (χ4v) is 1.73. The van der Waals surface area contributed by atoms with E-state index in [9.17, 15) is 8.42 Å². The highest BCUT2D eigenvalue weighted by Gasteiger charge is 2.15. The van der Waals surface area contributed by atoms with E-state index < -0.39 is 10.0 Å². The molecule has 0 aromatic carbocycles. The van der Waals surface area contributed by atoms with Crippen molar-refractivity contribution in [2.24, 2.45) is 16.1 Å². The molecule has 0 amide bonds. The van der Waals surface area contributed by atoms with Crippen molar-refractivity contribution < 1.29 is 8.42 Å². The third-order valence-corrected chi connectivity index (χ3v) is 3.22. The van der Waals surface area contributed by atoms with E-state index in [2.05, 4.69) is 9.71 Å². The van der Waals surface area contributed by atoms with Crippen LogP contribution in [-0.4, -0.2) is 33.1 Å². The van der Waals surface area contributed by atoms with Crippen LogP contribution in [-0.2, 0) is 10.0 Å². The zero-order valence-corrected chi connectivity index (χ0v) is 10.7. The lowest BCUT2D eigenvalue weighted by atomic mass is 9.95. The highest BCUT2D eigenvalue weighted by molar-refractivity contribution is 7.89. The molecule has 0 saturated heterocycles. The van der Waals surface area contributed by atoms with Gasteiger partial charge in [-0.3, -0.25) is 4.99 Å². The fraction of sp³-hybridized carbons (Fsp3) is 0.889. The van der Waals surface area contributed by atoms with Gasteiger partial charge in [-0.15, -0.1) is 0 Å². The lowest BCUT2D eigenvalue weighted by Crippen LogP contribution is -2.31. The first-order chi connectivity index (χ1) is 6.69. The molecule has 0 rings (SSSR count). The average molecular weight is 235 g/mol. The Morgan fingerprint density at radius 3 is 2.33 bits per heavy atom. The van der Waals surface area contributed by atoms with Gasteiger partial charge in [-0.25, -0.2) is 13.1 Å². The van der Waals surface area contributed by atoms with Crippen molar-refractivity contribution in [1.29, 1.82) is 0 Å². The standard InChI is InChI=1S/C9H21N3O2S/c1-5-12-15(13,14)7-6-11-8(10)9(2,3)4/h12H,5-7H2,1-4H3,(H2,10,11). The van der Waals surface area contributed by atoms with Gasteiger partial charge in [-0.2, -0.15) is 0 Å². The summed E-state index contributed by atoms with van der Waals surface area (Å²) in [6.07, 6.45) is 0. The van der Waals surface area contributed by atoms with Crippen molar-refractivity contribution in [3.63, 3.8) is 0 Å². The molecular weight excluding hydrogens is 214 g/mol. The van der Waals surface area contributed by atoms with E-state index in [0.29, 0.717) is 12.4 Å². The zero-order chi connectivity index (χ0) is 12.1. The molecule has 0 aliphatic carbocycles. The smallest absolute Gasteiger partial charge is 0.213 e. The van der Waals surface area contributed by atoms with Crippen LogP contribution in [0.1, 0.15) is 27.7 Å². The third kappa shape index (κ3) is 6.46. The molecule has 0 aliphatic heterocycles. The van der Waals surface area contributed by atoms with Crippen molar-refractivity contribution in [1.82, 2.24) is 4.72 Å². The van der Waals surface area contributed by atoms with Gasteiger partial charge in [0.15, 0.2) is 0 Å². The second-order valence-electron chi connectivity index (χ2n) is 4.33. The monoisotopic (exact) mass is 235 g/mol. The molecule has 5 nitrogen and oxygen atoms in total. The number of nitrogens with two attached hydrogens (primary N) is 1. The number of nitrogens with zero attached hydrogens (tertiary/aromatic N) is 1. The van der Waals surface area contributed by atoms with E-state index in [-0.39, 0.29) is 17.7 Å². The van der Waals surface area contributed by atoms with Gasteiger partial charge in [0.2, 0.25) is 10.0 Å². The van der Waals surface area contributed by atoms with Gasteiger partial charge in [-0.1, -0.05) is 27.7 Å². The maximum atomic E-state index is 11.2. The summed E-state index contributed by atoms with van der Waals surface area (Å²) in [6.45, 7) is 8.16. The summed E-state index contributed by atoms with van der Waals surface area (Å²) >= 11 is 0. The fourth-order valence-electron chi connectivity index (χ4n) is 0.816. The first-order valence-electron chi connectivity index (χ1n) is 4.97. The molecule has 6 heteroatoms. The minimum atomic E-state index is -3.19. The van der Waals surface area contributed by atoms with Crippen LogP contribution in [0.3, 0.4) is 0 Å². The summed E-state index contributed by atoms with van der Waals surface area (Å²) < 4.78 is 24.9. The third-order valence-electron chi connectivity index (χ3n) is 1.77. The predicted molar refractivity (Wildman–Crippen MR) is 63.4 cm³/mol. The van der Waals surface area contributed by atoms with Gasteiger partial charge in [0.05, 0.1) is 18.1 Å². The molecular formula is C9H21N3O2S. The number of rotatable bonds is 5. The van der Waals surface area contributed by atoms with Gasteiger partial charge < -0.3 is 5.73 Å². The summed E-state index contributed by atoms with van der Waals surface area (Å²) in [4.78, 5) is 4.04. The van der Waals surface area contributed by atoms with Crippen LogP contribution in [0.4, 0.5) is 0 Å². The summed E-state index contributed by atoms with van der Waals surface area (Å²) in [5.74, 6) is 0.464. The normalized spacial score (nSPS) is 14.3. The van der Waals surface area contributed by atoms with Crippen LogP contribution >= 0.6 is 0 Å². The zero-order valence-electron chi connectivity index (χ0n) is 9.87. The molecule has 0 fully saturated rings. The van der Waals surface area contributed by atoms with E-state index in [4.69, 9.17) is 5.73 Å². The number of hydrogen-bond donors (Lipinski definition) is 2. The van der Waals surface area contributed by atoms with Crippen molar-refractivity contribution in [2.45, 2.75) is 27.7 Å². The number of sulfonamides is 1. The maximum Gasteiger partial charge on any atom is 0.213 e. The molecule has 0 bridgehead atoms. The number of nitrogens with one attached hydrogen (secondary N) is 1. The van der Waals surface area contributed by atoms with Crippen LogP contribution in [0, 0.1) is 5.41 Å². The van der Waals surface area contributed by atoms with E-state index in [1.807, 2.05) is 20.8 Å². The second kappa shape index (κ2) is 5.46. The second-order valence-corrected chi connectivity index (χ2v) is 6.26. The lowest BCUT2D eigenvalue weighted by Gasteiger charge is -2.17. The Balaban J connectivity index is 4.21. The summed E-state index contributed by atoms with van der Waals surface area (Å²) in [5.41, 5.74) is 5.48. The Morgan fingerprint density at radius 2 is 1.93 bits per heavy atom. The van der Waals surface area contributed by atoms with Crippen LogP contribution < -0.4 is 10.5 Å². The van der Waals surface area contributed by atoms with Crippen molar-refractivity contribution in [3.05, 3.63) is 0 Å². The molecule has 3 N–H and O–H groups in total. The highest BCUT2D eigenvalue weighted by Crippen LogP contribution is 2.12. The van der Waals surface area contributed by atoms with Crippen LogP contribution in [0.5, 0.6) is 0 Å². The molecule has 0 aliphatic rings. The maximum absolute atomic E-state index is 11.2. The topological polar surface area (TPSA) is 84.5 Å². The van der Waals surface area contributed by atoms with Crippen molar-refractivity contribution in [2.75, 3.05) is 18.8 Å². The van der Waals surface area contributed by atoms with Crippen LogP contribution in [0.2, 0.25) is 0 Å². The van der Waals surface area contributed by atoms with Crippen molar-refractivity contribution in [3.8, 4) is 0 Å². The Morgan fingerprint density at radius 1 is 1.40 bits per heavy atom. The SMILES string of the molecule is CCNS(=O)(=O)CCN=C(N)C(C)(C)C. The van der Waals surface area contributed by atoms with Crippen LogP contribution in [0.15, 0.2) is 4.99 Å². The van der Waals surface area contributed by atoms with E-state index in [0.717, 1.165) is 0 Å². The quantitative estimate of drug-likeness (QED) is 0.532. The van der Waals surface area contributed by atoms with Gasteiger partial charge in [-0.05, 0) is 0 Å². The summed E-state index contributed by atoms with van der Waals surface area (Å²) in [6, 6.07) is 0. The first kappa shape index (κ1) is 14.4. The summed E-state index contributed by atoms with van der Waals surface area (Å²) in [7, 11) is -3.19. The number of aliphatic imine (C=N–C) groups is 1. The largest absolute Gasteiger partial charge is 0.387 e. The van der Waals surface area contributed by atoms with Crippen molar-refractivity contribution >= 4 is 15.9 Å². The van der Waals surface area contributed by atoms with Crippen LogP contribution in [0.25, 0.3) is 0 Å². The molecule has 0 aromatic rings. The molecule has 0 radical (unpaired) electrons. The lowest BCUT2D eigenvalue weighted by molar-refractivity contribution is 0.577. The molecule has 15 heavy (non-hydrogen) atoms. The first-order valence-corrected chi connectivity index (χ1v) is 6.62. The molecule has 0 heterocycles. The van der Waals surface area contributed by atoms with Gasteiger partial charge >= 0.3 is 0 Å². The van der Waals surface area contributed by atoms with E-state index in [1.54, 1.807) is 6.92 Å². The average Bonchev–Trinajstić information content (AvgIpc) is 2.01. The van der Waals surface area contributed by atoms with Gasteiger partial charge in [0.1, 0.15) is 0 Å². The molecule has 0 spiro atoms. The summed E-state index contributed by atoms with van der Waals surface area (Å²) in [5, 5.41) is 0.